The lowest BCUT2D eigenvalue weighted by Gasteiger charge is -2.07. The summed E-state index contributed by atoms with van der Waals surface area (Å²) in [6.45, 7) is 0. The van der Waals surface area contributed by atoms with Gasteiger partial charge >= 0.3 is 6.18 Å². The number of halogens is 4. The Bertz CT molecular complexity index is 2120. The van der Waals surface area contributed by atoms with Crippen LogP contribution < -0.4 is 0 Å². The van der Waals surface area contributed by atoms with Gasteiger partial charge in [-0.05, 0) is 58.5 Å². The molecule has 0 saturated carbocycles. The van der Waals surface area contributed by atoms with E-state index in [1.807, 2.05) is 57.7 Å². The molecule has 15 heteroatoms. The van der Waals surface area contributed by atoms with E-state index in [0.717, 1.165) is 31.7 Å². The maximum absolute atomic E-state index is 12.3. The zero-order valence-corrected chi connectivity index (χ0v) is 25.9. The Morgan fingerprint density at radius 1 is 0.739 bits per heavy atom. The van der Waals surface area contributed by atoms with E-state index in [0.29, 0.717) is 22.9 Å². The Labute approximate surface area is 272 Å². The lowest BCUT2D eigenvalue weighted by atomic mass is 10.0. The van der Waals surface area contributed by atoms with Crippen LogP contribution in [0.1, 0.15) is 18.4 Å². The molecular weight excluding hydrogens is 712 g/mol. The Kier molecular flexibility index (Phi) is 9.00. The molecule has 7 aromatic rings. The number of Topliss-reactive ketones (excluding diaryl/α,β-unsaturated/α-hetero) is 1. The maximum atomic E-state index is 12.3. The first-order valence-electron chi connectivity index (χ1n) is 13.8. The molecule has 0 saturated heterocycles. The van der Waals surface area contributed by atoms with Crippen molar-refractivity contribution in [2.24, 2.45) is 0 Å². The predicted octanol–water partition coefficient (Wildman–Crippen LogP) is 6.10. The summed E-state index contributed by atoms with van der Waals surface area (Å²) >= 11 is 2.24. The van der Waals surface area contributed by atoms with Gasteiger partial charge in [0.05, 0.1) is 36.9 Å². The molecular formula is C31H22F3IN10O. The molecule has 6 heterocycles. The first-order valence-corrected chi connectivity index (χ1v) is 14.9. The lowest BCUT2D eigenvalue weighted by Crippen LogP contribution is -2.12. The third-order valence-corrected chi connectivity index (χ3v) is 7.57. The molecule has 11 nitrogen and oxygen atoms in total. The minimum atomic E-state index is -4.33. The van der Waals surface area contributed by atoms with Crippen LogP contribution in [0.3, 0.4) is 0 Å². The van der Waals surface area contributed by atoms with E-state index in [2.05, 4.69) is 62.9 Å². The Morgan fingerprint density at radius 3 is 2.00 bits per heavy atom. The summed E-state index contributed by atoms with van der Waals surface area (Å²) in [4.78, 5) is 28.9. The fourth-order valence-corrected chi connectivity index (χ4v) is 5.17. The molecule has 46 heavy (non-hydrogen) atoms. The number of imidazole rings is 2. The van der Waals surface area contributed by atoms with Gasteiger partial charge in [0.1, 0.15) is 20.8 Å². The van der Waals surface area contributed by atoms with Crippen LogP contribution in [0.15, 0.2) is 98.1 Å². The number of carbonyl (C=O) groups is 1. The number of pyridine rings is 2. The topological polar surface area (TPSA) is 129 Å². The molecule has 0 unspecified atom stereocenters. The van der Waals surface area contributed by atoms with E-state index in [1.54, 1.807) is 43.0 Å². The Hall–Kier alpha value is -5.19. The first-order chi connectivity index (χ1) is 22.2. The van der Waals surface area contributed by atoms with E-state index in [1.165, 1.54) is 6.20 Å². The van der Waals surface area contributed by atoms with Crippen LogP contribution in [-0.2, 0) is 11.2 Å². The van der Waals surface area contributed by atoms with Gasteiger partial charge in [-0.1, -0.05) is 18.2 Å². The highest BCUT2D eigenvalue weighted by Crippen LogP contribution is 2.26. The van der Waals surface area contributed by atoms with Gasteiger partial charge in [0.2, 0.25) is 0 Å². The molecule has 0 fully saturated rings. The summed E-state index contributed by atoms with van der Waals surface area (Å²) in [7, 11) is 0. The van der Waals surface area contributed by atoms with Crippen LogP contribution in [0.2, 0.25) is 0 Å². The number of fused-ring (bicyclic) bond motifs is 2. The highest BCUT2D eigenvalue weighted by Gasteiger charge is 2.27. The second-order valence-corrected chi connectivity index (χ2v) is 11.1. The molecule has 0 radical (unpaired) electrons. The van der Waals surface area contributed by atoms with Crippen molar-refractivity contribution in [1.29, 1.82) is 0 Å². The van der Waals surface area contributed by atoms with Gasteiger partial charge in [0.25, 0.3) is 0 Å². The SMILES string of the molecule is Ic1cnc2cc(-c3nccnn3)ccn12.O=C(CCC(F)(F)F)Cc1cccc(-c2cnc3cc(-c4nccnn4)ccn23)c1. The third-order valence-electron chi connectivity index (χ3n) is 6.77. The summed E-state index contributed by atoms with van der Waals surface area (Å²) in [6, 6.07) is 14.8. The minimum Gasteiger partial charge on any atom is -0.300 e. The summed E-state index contributed by atoms with van der Waals surface area (Å²) in [5.41, 5.74) is 5.53. The molecule has 0 amide bonds. The fourth-order valence-electron chi connectivity index (χ4n) is 4.62. The van der Waals surface area contributed by atoms with Gasteiger partial charge in [-0.3, -0.25) is 13.6 Å². The van der Waals surface area contributed by atoms with Crippen molar-refractivity contribution in [2.45, 2.75) is 25.4 Å². The number of carbonyl (C=O) groups excluding carboxylic acids is 1. The second-order valence-electron chi connectivity index (χ2n) is 9.98. The second kappa shape index (κ2) is 13.4. The summed E-state index contributed by atoms with van der Waals surface area (Å²) in [5.74, 6) is 0.663. The largest absolute Gasteiger partial charge is 0.389 e. The maximum Gasteiger partial charge on any atom is 0.389 e. The normalized spacial score (nSPS) is 11.4. The number of benzene rings is 1. The summed E-state index contributed by atoms with van der Waals surface area (Å²) in [6.07, 6.45) is 7.59. The molecule has 0 aliphatic heterocycles. The Morgan fingerprint density at radius 2 is 1.37 bits per heavy atom. The molecule has 0 aliphatic rings. The molecule has 0 bridgehead atoms. The summed E-state index contributed by atoms with van der Waals surface area (Å²) < 4.78 is 41.9. The zero-order valence-electron chi connectivity index (χ0n) is 23.8. The average molecular weight is 734 g/mol. The minimum absolute atomic E-state index is 0.0385. The predicted molar refractivity (Wildman–Crippen MR) is 170 cm³/mol. The van der Waals surface area contributed by atoms with Crippen LogP contribution >= 0.6 is 22.6 Å². The van der Waals surface area contributed by atoms with Crippen LogP contribution in [0, 0.1) is 3.70 Å². The molecule has 0 N–H and O–H groups in total. The lowest BCUT2D eigenvalue weighted by molar-refractivity contribution is -0.143. The van der Waals surface area contributed by atoms with Crippen molar-refractivity contribution in [1.82, 2.24) is 49.1 Å². The van der Waals surface area contributed by atoms with E-state index < -0.39 is 24.8 Å². The summed E-state index contributed by atoms with van der Waals surface area (Å²) in [5, 5.41) is 15.6. The monoisotopic (exact) mass is 734 g/mol. The number of ketones is 1. The quantitative estimate of drug-likeness (QED) is 0.179. The zero-order chi connectivity index (χ0) is 32.1. The molecule has 7 rings (SSSR count). The van der Waals surface area contributed by atoms with E-state index in [-0.39, 0.29) is 6.42 Å². The van der Waals surface area contributed by atoms with Crippen molar-refractivity contribution < 1.29 is 18.0 Å². The van der Waals surface area contributed by atoms with Gasteiger partial charge in [-0.25, -0.2) is 19.9 Å². The van der Waals surface area contributed by atoms with Crippen molar-refractivity contribution in [3.63, 3.8) is 0 Å². The number of aromatic nitrogens is 10. The van der Waals surface area contributed by atoms with E-state index in [4.69, 9.17) is 0 Å². The number of alkyl halides is 3. The molecule has 6 aromatic heterocycles. The highest BCUT2D eigenvalue weighted by molar-refractivity contribution is 14.1. The molecule has 230 valence electrons. The van der Waals surface area contributed by atoms with Crippen LogP contribution in [0.5, 0.6) is 0 Å². The molecule has 0 atom stereocenters. The van der Waals surface area contributed by atoms with Crippen LogP contribution in [0.4, 0.5) is 13.2 Å². The van der Waals surface area contributed by atoms with Gasteiger partial charge < -0.3 is 0 Å². The smallest absolute Gasteiger partial charge is 0.300 e. The fraction of sp³-hybridized carbons (Fsp3) is 0.129. The molecule has 0 aliphatic carbocycles. The van der Waals surface area contributed by atoms with Gasteiger partial charge in [0.15, 0.2) is 11.6 Å². The highest BCUT2D eigenvalue weighted by atomic mass is 127. The Balaban J connectivity index is 0.000000194. The van der Waals surface area contributed by atoms with Crippen molar-refractivity contribution in [3.8, 4) is 34.0 Å². The van der Waals surface area contributed by atoms with Gasteiger partial charge in [0, 0.05) is 54.3 Å². The number of hydrogen-bond donors (Lipinski definition) is 0. The van der Waals surface area contributed by atoms with Crippen molar-refractivity contribution in [3.05, 3.63) is 107 Å². The molecule has 0 spiro atoms. The number of hydrogen-bond acceptors (Lipinski definition) is 9. The van der Waals surface area contributed by atoms with Gasteiger partial charge in [-0.2, -0.15) is 23.4 Å². The van der Waals surface area contributed by atoms with Crippen molar-refractivity contribution >= 4 is 39.7 Å². The van der Waals surface area contributed by atoms with Gasteiger partial charge in [-0.15, -0.1) is 10.2 Å². The number of nitrogens with zero attached hydrogens (tertiary/aromatic N) is 10. The molecule has 1 aromatic carbocycles. The van der Waals surface area contributed by atoms with Crippen LogP contribution in [0.25, 0.3) is 45.3 Å². The number of rotatable bonds is 7. The standard InChI is InChI=1S/C21H16F3N5O.C10H6IN5/c22-21(23,24)6-4-17(30)11-14-2-1-3-15(10-14)18-13-26-19-12-16(5-9-29(18)19)20-25-7-8-27-28-20;11-8-6-13-9-5-7(1-4-16(8)9)10-12-2-3-14-15-10/h1-3,5,7-10,12-13H,4,6,11H2;1-6H. The van der Waals surface area contributed by atoms with Crippen molar-refractivity contribution in [2.75, 3.05) is 0 Å². The average Bonchev–Trinajstić information content (AvgIpc) is 3.67. The third kappa shape index (κ3) is 7.36. The van der Waals surface area contributed by atoms with E-state index in [9.17, 15) is 18.0 Å². The first kappa shape index (κ1) is 30.8. The van der Waals surface area contributed by atoms with Crippen LogP contribution in [-0.4, -0.2) is 61.1 Å². The van der Waals surface area contributed by atoms with E-state index >= 15 is 0 Å².